The smallest absolute Gasteiger partial charge is 0.322 e. The number of nitrogens with one attached hydrogen (secondary N) is 3. The molecule has 8 heteroatoms. The van der Waals surface area contributed by atoms with Crippen molar-refractivity contribution in [1.29, 1.82) is 0 Å². The van der Waals surface area contributed by atoms with E-state index in [0.29, 0.717) is 13.2 Å². The first-order chi connectivity index (χ1) is 12.5. The molecule has 1 aromatic rings. The summed E-state index contributed by atoms with van der Waals surface area (Å²) >= 11 is 0. The largest absolute Gasteiger partial charge is 0.494 e. The number of imide groups is 1. The van der Waals surface area contributed by atoms with Crippen LogP contribution in [0.4, 0.5) is 4.79 Å². The van der Waals surface area contributed by atoms with Crippen LogP contribution in [0.2, 0.25) is 0 Å². The van der Waals surface area contributed by atoms with Crippen LogP contribution in [0.25, 0.3) is 0 Å². The van der Waals surface area contributed by atoms with Gasteiger partial charge >= 0.3 is 6.03 Å². The average molecular weight is 361 g/mol. The van der Waals surface area contributed by atoms with Gasteiger partial charge in [-0.25, -0.2) is 4.79 Å². The number of urea groups is 1. The van der Waals surface area contributed by atoms with Crippen LogP contribution in [0.5, 0.6) is 11.5 Å². The van der Waals surface area contributed by atoms with E-state index in [0.717, 1.165) is 29.0 Å². The van der Waals surface area contributed by atoms with Gasteiger partial charge in [0.25, 0.3) is 5.91 Å². The fourth-order valence-corrected chi connectivity index (χ4v) is 3.13. The molecule has 0 bridgehead atoms. The van der Waals surface area contributed by atoms with E-state index in [-0.39, 0.29) is 24.9 Å². The fourth-order valence-electron chi connectivity index (χ4n) is 3.13. The minimum Gasteiger partial charge on any atom is -0.494 e. The normalized spacial score (nSPS) is 20.8. The maximum atomic E-state index is 12.1. The van der Waals surface area contributed by atoms with Gasteiger partial charge in [-0.2, -0.15) is 0 Å². The lowest BCUT2D eigenvalue weighted by molar-refractivity contribution is -0.122. The molecule has 140 valence electrons. The van der Waals surface area contributed by atoms with Gasteiger partial charge in [0.2, 0.25) is 5.91 Å². The van der Waals surface area contributed by atoms with Gasteiger partial charge in [0.1, 0.15) is 23.6 Å². The second-order valence-corrected chi connectivity index (χ2v) is 6.46. The highest BCUT2D eigenvalue weighted by Crippen LogP contribution is 2.35. The molecule has 1 saturated heterocycles. The zero-order chi connectivity index (χ0) is 18.7. The maximum absolute atomic E-state index is 12.1. The van der Waals surface area contributed by atoms with Gasteiger partial charge in [-0.1, -0.05) is 0 Å². The van der Waals surface area contributed by atoms with Crippen LogP contribution in [0.15, 0.2) is 12.1 Å². The monoisotopic (exact) mass is 361 g/mol. The first kappa shape index (κ1) is 18.0. The number of amides is 4. The number of carbonyl (C=O) groups excluding carboxylic acids is 3. The second-order valence-electron chi connectivity index (χ2n) is 6.46. The summed E-state index contributed by atoms with van der Waals surface area (Å²) in [6, 6.07) is 2.72. The highest BCUT2D eigenvalue weighted by molar-refractivity contribution is 6.04. The average Bonchev–Trinajstić information content (AvgIpc) is 3.10. The van der Waals surface area contributed by atoms with E-state index in [9.17, 15) is 14.4 Å². The highest BCUT2D eigenvalue weighted by atomic mass is 16.5. The molecule has 0 aliphatic carbocycles. The predicted octanol–water partition coefficient (Wildman–Crippen LogP) is 1.01. The zero-order valence-electron chi connectivity index (χ0n) is 14.9. The van der Waals surface area contributed by atoms with E-state index in [1.807, 2.05) is 26.0 Å². The number of fused-ring (bicyclic) bond motifs is 1. The summed E-state index contributed by atoms with van der Waals surface area (Å²) in [6.45, 7) is 4.77. The molecule has 0 radical (unpaired) electrons. The van der Waals surface area contributed by atoms with Crippen molar-refractivity contribution >= 4 is 17.8 Å². The Hall–Kier alpha value is -2.77. The number of hydrogen-bond donors (Lipinski definition) is 3. The van der Waals surface area contributed by atoms with Crippen LogP contribution < -0.4 is 25.4 Å². The molecule has 1 aromatic carbocycles. The Kier molecular flexibility index (Phi) is 5.29. The Bertz CT molecular complexity index is 734. The van der Waals surface area contributed by atoms with Crippen molar-refractivity contribution in [1.82, 2.24) is 16.0 Å². The Labute approximate surface area is 151 Å². The van der Waals surface area contributed by atoms with Gasteiger partial charge in [-0.15, -0.1) is 0 Å². The van der Waals surface area contributed by atoms with Crippen molar-refractivity contribution in [2.75, 3.05) is 6.61 Å². The first-order valence-corrected chi connectivity index (χ1v) is 8.79. The molecule has 2 aliphatic heterocycles. The van der Waals surface area contributed by atoms with E-state index in [4.69, 9.17) is 9.47 Å². The fraction of sp³-hybridized carbons (Fsp3) is 0.500. The van der Waals surface area contributed by atoms with E-state index < -0.39 is 18.0 Å². The summed E-state index contributed by atoms with van der Waals surface area (Å²) in [4.78, 5) is 34.6. The molecule has 2 heterocycles. The first-order valence-electron chi connectivity index (χ1n) is 8.79. The molecule has 26 heavy (non-hydrogen) atoms. The van der Waals surface area contributed by atoms with Crippen molar-refractivity contribution in [3.05, 3.63) is 23.3 Å². The van der Waals surface area contributed by atoms with Gasteiger partial charge in [0.15, 0.2) is 0 Å². The summed E-state index contributed by atoms with van der Waals surface area (Å²) < 4.78 is 11.5. The van der Waals surface area contributed by atoms with Crippen LogP contribution in [-0.2, 0) is 22.6 Å². The molecule has 3 N–H and O–H groups in total. The quantitative estimate of drug-likeness (QED) is 0.629. The zero-order valence-corrected chi connectivity index (χ0v) is 14.9. The third-order valence-electron chi connectivity index (χ3n) is 4.37. The number of ether oxygens (including phenoxy) is 2. The van der Waals surface area contributed by atoms with Crippen molar-refractivity contribution < 1.29 is 23.9 Å². The van der Waals surface area contributed by atoms with Gasteiger partial charge < -0.3 is 20.1 Å². The lowest BCUT2D eigenvalue weighted by Crippen LogP contribution is -2.31. The molecule has 0 saturated carbocycles. The highest BCUT2D eigenvalue weighted by Gasteiger charge is 2.29. The molecule has 1 fully saturated rings. The van der Waals surface area contributed by atoms with Crippen LogP contribution in [0, 0.1) is 0 Å². The van der Waals surface area contributed by atoms with Crippen LogP contribution in [-0.4, -0.2) is 36.6 Å². The molecule has 0 aromatic heterocycles. The number of rotatable bonds is 7. The molecule has 2 aliphatic rings. The molecular formula is C18H23N3O5. The summed E-state index contributed by atoms with van der Waals surface area (Å²) in [5, 5.41) is 7.45. The van der Waals surface area contributed by atoms with Gasteiger partial charge in [0, 0.05) is 30.5 Å². The Balaban J connectivity index is 1.57. The number of benzene rings is 1. The van der Waals surface area contributed by atoms with Crippen LogP contribution in [0.1, 0.15) is 37.8 Å². The molecule has 3 rings (SSSR count). The topological polar surface area (TPSA) is 106 Å². The Morgan fingerprint density at radius 2 is 2.19 bits per heavy atom. The van der Waals surface area contributed by atoms with Gasteiger partial charge in [-0.3, -0.25) is 14.9 Å². The maximum Gasteiger partial charge on any atom is 0.322 e. The lowest BCUT2D eigenvalue weighted by atomic mass is 10.1. The molecular weight excluding hydrogens is 338 g/mol. The Morgan fingerprint density at radius 1 is 1.38 bits per heavy atom. The van der Waals surface area contributed by atoms with Gasteiger partial charge in [0.05, 0.1) is 6.61 Å². The van der Waals surface area contributed by atoms with E-state index in [1.165, 1.54) is 0 Å². The van der Waals surface area contributed by atoms with Crippen molar-refractivity contribution in [3.63, 3.8) is 0 Å². The number of carbonyl (C=O) groups is 3. The van der Waals surface area contributed by atoms with Crippen molar-refractivity contribution in [2.45, 2.75) is 51.8 Å². The van der Waals surface area contributed by atoms with Crippen molar-refractivity contribution in [3.8, 4) is 11.5 Å². The standard InChI is InChI=1S/C18H23N3O5/c1-3-25-14-7-11-6-10(2)26-15(11)8-12(14)9-19-16(22)5-4-13-17(23)21-18(24)20-13/h7-8,10,13H,3-6,9H2,1-2H3,(H,19,22)(H2,20,21,23,24)/t10-,13+/m1/s1. The SMILES string of the molecule is CCOc1cc2c(cc1CNC(=O)CC[C@@H]1NC(=O)NC1=O)O[C@H](C)C2. The van der Waals surface area contributed by atoms with Gasteiger partial charge in [-0.05, 0) is 32.4 Å². The van der Waals surface area contributed by atoms with E-state index in [1.54, 1.807) is 0 Å². The molecule has 8 nitrogen and oxygen atoms in total. The Morgan fingerprint density at radius 3 is 2.88 bits per heavy atom. The number of hydrogen-bond acceptors (Lipinski definition) is 5. The minimum atomic E-state index is -0.651. The molecule has 0 spiro atoms. The van der Waals surface area contributed by atoms with Crippen LogP contribution >= 0.6 is 0 Å². The third-order valence-corrected chi connectivity index (χ3v) is 4.37. The molecule has 0 unspecified atom stereocenters. The lowest BCUT2D eigenvalue weighted by Gasteiger charge is -2.14. The summed E-state index contributed by atoms with van der Waals surface area (Å²) in [5.74, 6) is 0.977. The van der Waals surface area contributed by atoms with E-state index >= 15 is 0 Å². The summed E-state index contributed by atoms with van der Waals surface area (Å²) in [5.41, 5.74) is 1.96. The van der Waals surface area contributed by atoms with E-state index in [2.05, 4.69) is 16.0 Å². The summed E-state index contributed by atoms with van der Waals surface area (Å²) in [7, 11) is 0. The third kappa shape index (κ3) is 4.07. The molecule has 4 amide bonds. The van der Waals surface area contributed by atoms with Crippen molar-refractivity contribution in [2.24, 2.45) is 0 Å². The molecule has 2 atom stereocenters. The predicted molar refractivity (Wildman–Crippen MR) is 92.9 cm³/mol. The minimum absolute atomic E-state index is 0.136. The second kappa shape index (κ2) is 7.63. The summed E-state index contributed by atoms with van der Waals surface area (Å²) in [6.07, 6.45) is 1.38. The van der Waals surface area contributed by atoms with Crippen LogP contribution in [0.3, 0.4) is 0 Å².